The van der Waals surface area contributed by atoms with Crippen molar-refractivity contribution in [2.45, 2.75) is 92.9 Å². The molecule has 0 N–H and O–H groups in total. The summed E-state index contributed by atoms with van der Waals surface area (Å²) in [7, 11) is 0. The van der Waals surface area contributed by atoms with Crippen LogP contribution in [0.3, 0.4) is 0 Å². The molecule has 0 nitrogen and oxygen atoms in total. The molecule has 0 bridgehead atoms. The average molecular weight is 656 g/mol. The fourth-order valence-corrected chi connectivity index (χ4v) is 17.2. The first-order valence-electron chi connectivity index (χ1n) is 16.7. The van der Waals surface area contributed by atoms with Gasteiger partial charge in [-0.1, -0.05) is 0 Å². The van der Waals surface area contributed by atoms with Crippen LogP contribution in [0.25, 0.3) is 22.3 Å². The maximum absolute atomic E-state index is 2.76. The molecule has 4 aliphatic carbocycles. The third kappa shape index (κ3) is 4.59. The first kappa shape index (κ1) is 30.0. The fourth-order valence-electron chi connectivity index (χ4n) is 8.68. The SMILES string of the molecule is CCC1C=C(C(C)(C)C)C=[C]1[Zr](=[CH]c1ccccc1)[C]1=C(C)c2cc3c(cc2C1(C)C)Cc1cc2c(cc1-3)C(C)=CC2(C)C. The molecule has 0 saturated heterocycles. The van der Waals surface area contributed by atoms with Crippen LogP contribution in [-0.4, -0.2) is 3.71 Å². The van der Waals surface area contributed by atoms with Crippen LogP contribution >= 0.6 is 0 Å². The summed E-state index contributed by atoms with van der Waals surface area (Å²) >= 11 is -2.50. The van der Waals surface area contributed by atoms with Crippen molar-refractivity contribution in [1.82, 2.24) is 0 Å². The molecule has 0 spiro atoms. The number of hydrogen-bond acceptors (Lipinski definition) is 0. The standard InChI is InChI=1S/C25H25.C11H17.C7H6.Zr/c1-14-12-24(3,4)22-8-16-7-17-9-23-19(15(2)13-25(23,5)6)11-21(17)20(16)10-18(14)22;1-5-9-6-7-10(8-9)11(2,3)4;1-7-5-3-2-4-6-7;/h8-12H,7H2,1-6H3;7-9H,5H2,1-4H3;1-6H;. The molecule has 3 aromatic rings. The van der Waals surface area contributed by atoms with E-state index in [4.69, 9.17) is 0 Å². The molecule has 0 saturated carbocycles. The maximum atomic E-state index is 2.76. The molecular weight excluding hydrogens is 608 g/mol. The molecule has 0 heterocycles. The first-order chi connectivity index (χ1) is 20.7. The Balaban J connectivity index is 1.40. The van der Waals surface area contributed by atoms with Crippen molar-refractivity contribution in [2.24, 2.45) is 11.3 Å². The minimum absolute atomic E-state index is 0.0238. The summed E-state index contributed by atoms with van der Waals surface area (Å²) in [5, 5.41) is 0. The van der Waals surface area contributed by atoms with Gasteiger partial charge in [0.05, 0.1) is 0 Å². The van der Waals surface area contributed by atoms with Crippen molar-refractivity contribution in [3.8, 4) is 11.1 Å². The summed E-state index contributed by atoms with van der Waals surface area (Å²) in [5.74, 6) is 0.554. The van der Waals surface area contributed by atoms with E-state index in [1.165, 1.54) is 62.1 Å². The number of hydrogen-bond donors (Lipinski definition) is 0. The van der Waals surface area contributed by atoms with Gasteiger partial charge in [-0.25, -0.2) is 0 Å². The minimum atomic E-state index is -2.50. The molecule has 7 rings (SSSR count). The zero-order valence-electron chi connectivity index (χ0n) is 28.5. The third-order valence-electron chi connectivity index (χ3n) is 11.0. The van der Waals surface area contributed by atoms with Crippen LogP contribution in [0.5, 0.6) is 0 Å². The van der Waals surface area contributed by atoms with E-state index in [1.807, 2.05) is 0 Å². The van der Waals surface area contributed by atoms with Crippen molar-refractivity contribution in [1.29, 1.82) is 0 Å². The summed E-state index contributed by atoms with van der Waals surface area (Å²) in [5.41, 5.74) is 18.2. The van der Waals surface area contributed by atoms with Crippen LogP contribution in [0.1, 0.15) is 115 Å². The van der Waals surface area contributed by atoms with Crippen LogP contribution in [-0.2, 0) is 38.5 Å². The number of fused-ring (bicyclic) bond motifs is 5. The zero-order chi connectivity index (χ0) is 31.3. The van der Waals surface area contributed by atoms with Gasteiger partial charge in [0.25, 0.3) is 0 Å². The Morgan fingerprint density at radius 3 is 2.11 bits per heavy atom. The van der Waals surface area contributed by atoms with Crippen molar-refractivity contribution in [3.63, 3.8) is 0 Å². The Labute approximate surface area is 273 Å². The molecule has 0 radical (unpaired) electrons. The molecule has 4 aliphatic rings. The van der Waals surface area contributed by atoms with Gasteiger partial charge in [0.1, 0.15) is 0 Å². The summed E-state index contributed by atoms with van der Waals surface area (Å²) in [4.78, 5) is 0. The summed E-state index contributed by atoms with van der Waals surface area (Å²) in [6, 6.07) is 21.5. The van der Waals surface area contributed by atoms with Gasteiger partial charge >= 0.3 is 275 Å². The molecule has 224 valence electrons. The number of benzene rings is 3. The van der Waals surface area contributed by atoms with Gasteiger partial charge in [-0.15, -0.1) is 0 Å². The van der Waals surface area contributed by atoms with E-state index < -0.39 is 21.3 Å². The second kappa shape index (κ2) is 10.2. The van der Waals surface area contributed by atoms with E-state index in [-0.39, 0.29) is 16.2 Å². The van der Waals surface area contributed by atoms with E-state index in [2.05, 4.69) is 146 Å². The molecule has 0 fully saturated rings. The molecule has 3 aromatic carbocycles. The quantitative estimate of drug-likeness (QED) is 0.205. The second-order valence-electron chi connectivity index (χ2n) is 15.9. The number of rotatable bonds is 4. The molecule has 1 heteroatoms. The van der Waals surface area contributed by atoms with Gasteiger partial charge in [0, 0.05) is 0 Å². The van der Waals surface area contributed by atoms with Crippen molar-refractivity contribution >= 4 is 14.9 Å². The fraction of sp³-hybridized carbons (Fsp3) is 0.372. The topological polar surface area (TPSA) is 0 Å². The van der Waals surface area contributed by atoms with Crippen molar-refractivity contribution < 1.29 is 21.3 Å². The van der Waals surface area contributed by atoms with Crippen LogP contribution < -0.4 is 0 Å². The third-order valence-corrected chi connectivity index (χ3v) is 19.1. The average Bonchev–Trinajstić information content (AvgIpc) is 3.66. The van der Waals surface area contributed by atoms with Gasteiger partial charge in [0.15, 0.2) is 0 Å². The van der Waals surface area contributed by atoms with Gasteiger partial charge in [-0.05, 0) is 0 Å². The molecular formula is C43H48Zr. The Hall–Kier alpha value is -2.63. The summed E-state index contributed by atoms with van der Waals surface area (Å²) in [6.07, 6.45) is 9.94. The molecule has 1 atom stereocenters. The van der Waals surface area contributed by atoms with Crippen molar-refractivity contribution in [3.05, 3.63) is 124 Å². The van der Waals surface area contributed by atoms with Crippen molar-refractivity contribution in [2.75, 3.05) is 0 Å². The predicted molar refractivity (Wildman–Crippen MR) is 188 cm³/mol. The van der Waals surface area contributed by atoms with Crippen LogP contribution in [0.2, 0.25) is 0 Å². The molecule has 0 amide bonds. The molecule has 44 heavy (non-hydrogen) atoms. The van der Waals surface area contributed by atoms with Gasteiger partial charge < -0.3 is 0 Å². The Kier molecular flexibility index (Phi) is 6.96. The first-order valence-corrected chi connectivity index (χ1v) is 20.6. The van der Waals surface area contributed by atoms with E-state index >= 15 is 0 Å². The van der Waals surface area contributed by atoms with Crippen LogP contribution in [0, 0.1) is 11.3 Å². The van der Waals surface area contributed by atoms with E-state index in [1.54, 1.807) is 17.7 Å². The molecule has 0 aliphatic heterocycles. The van der Waals surface area contributed by atoms with Crippen LogP contribution in [0.15, 0.2) is 85.0 Å². The van der Waals surface area contributed by atoms with Crippen LogP contribution in [0.4, 0.5) is 0 Å². The van der Waals surface area contributed by atoms with E-state index in [9.17, 15) is 0 Å². The summed E-state index contributed by atoms with van der Waals surface area (Å²) in [6.45, 7) is 24.1. The Bertz CT molecular complexity index is 1890. The Morgan fingerprint density at radius 2 is 1.48 bits per heavy atom. The Morgan fingerprint density at radius 1 is 0.841 bits per heavy atom. The molecule has 1 unspecified atom stereocenters. The second-order valence-corrected chi connectivity index (χ2v) is 21.3. The number of allylic oxidation sites excluding steroid dienone is 8. The molecule has 0 aromatic heterocycles. The summed E-state index contributed by atoms with van der Waals surface area (Å²) < 4.78 is 6.29. The predicted octanol–water partition coefficient (Wildman–Crippen LogP) is 11.3. The zero-order valence-corrected chi connectivity index (χ0v) is 31.0. The van der Waals surface area contributed by atoms with Gasteiger partial charge in [-0.2, -0.15) is 0 Å². The van der Waals surface area contributed by atoms with E-state index in [0.29, 0.717) is 5.92 Å². The van der Waals surface area contributed by atoms with Gasteiger partial charge in [-0.3, -0.25) is 0 Å². The van der Waals surface area contributed by atoms with E-state index in [0.717, 1.165) is 6.42 Å². The van der Waals surface area contributed by atoms with Gasteiger partial charge in [0.2, 0.25) is 0 Å². The normalized spacial score (nSPS) is 21.1. The monoisotopic (exact) mass is 654 g/mol.